The van der Waals surface area contributed by atoms with Crippen LogP contribution >= 0.6 is 23.2 Å². The van der Waals surface area contributed by atoms with Crippen molar-refractivity contribution < 1.29 is 28.7 Å². The van der Waals surface area contributed by atoms with Gasteiger partial charge in [0.25, 0.3) is 11.8 Å². The molecular weight excluding hydrogens is 942 g/mol. The maximum absolute atomic E-state index is 13.4. The summed E-state index contributed by atoms with van der Waals surface area (Å²) in [6, 6.07) is 20.9. The number of imide groups is 2. The fourth-order valence-corrected chi connectivity index (χ4v) is 12.0. The zero-order valence-corrected chi connectivity index (χ0v) is 42.0. The van der Waals surface area contributed by atoms with Gasteiger partial charge in [-0.3, -0.25) is 34.3 Å². The summed E-state index contributed by atoms with van der Waals surface area (Å²) in [6.45, 7) is 14.2. The second-order valence-corrected chi connectivity index (χ2v) is 21.6. The quantitative estimate of drug-likeness (QED) is 0.0997. The third kappa shape index (κ3) is 10.1. The van der Waals surface area contributed by atoms with Crippen LogP contribution in [0.1, 0.15) is 108 Å². The second kappa shape index (κ2) is 20.4. The van der Waals surface area contributed by atoms with Crippen molar-refractivity contribution in [2.45, 2.75) is 89.3 Å². The predicted octanol–water partition coefficient (Wildman–Crippen LogP) is 7.21. The molecule has 1 unspecified atom stereocenters. The monoisotopic (exact) mass is 1000 g/mol. The van der Waals surface area contributed by atoms with Gasteiger partial charge in [0, 0.05) is 75.6 Å². The summed E-state index contributed by atoms with van der Waals surface area (Å²) >= 11 is 12.4. The van der Waals surface area contributed by atoms with E-state index in [0.29, 0.717) is 57.3 Å². The van der Waals surface area contributed by atoms with Crippen molar-refractivity contribution in [2.24, 2.45) is 11.3 Å². The van der Waals surface area contributed by atoms with Gasteiger partial charge < -0.3 is 24.2 Å². The molecule has 0 bridgehead atoms. The number of nitrogens with zero attached hydrogens (tertiary/aromatic N) is 8. The summed E-state index contributed by atoms with van der Waals surface area (Å²) < 4.78 is 11.9. The summed E-state index contributed by atoms with van der Waals surface area (Å²) in [5.74, 6) is 0.872. The molecule has 5 fully saturated rings. The van der Waals surface area contributed by atoms with E-state index in [4.69, 9.17) is 37.7 Å². The van der Waals surface area contributed by atoms with Crippen LogP contribution in [0.3, 0.4) is 0 Å². The highest BCUT2D eigenvalue weighted by Gasteiger charge is 2.48. The molecule has 0 radical (unpaired) electrons. The SMILES string of the molecule is CC(C)(c1ccc(OCc2ccnc(N3CCC4(CC3)CN(C3CCN(CC5CCN(c6ccc7c(c6)C(=O)N(C6CCC(=O)NC6=O)C7=O)CC5)CC3)C4)n2)cc1)c1cc(Cl)c(OCCCl)c(C#N)c1. The molecule has 4 amide bonds. The Morgan fingerprint density at radius 2 is 1.56 bits per heavy atom. The summed E-state index contributed by atoms with van der Waals surface area (Å²) in [7, 11) is 0. The number of amides is 4. The van der Waals surface area contributed by atoms with Gasteiger partial charge in [-0.05, 0) is 129 Å². The number of carbonyl (C=O) groups is 4. The normalized spacial score (nSPS) is 21.3. The van der Waals surface area contributed by atoms with Gasteiger partial charge in [-0.2, -0.15) is 5.26 Å². The summed E-state index contributed by atoms with van der Waals surface area (Å²) in [4.78, 5) is 71.4. The highest BCUT2D eigenvalue weighted by molar-refractivity contribution is 6.32. The maximum atomic E-state index is 13.4. The molecule has 372 valence electrons. The molecule has 0 saturated carbocycles. The molecule has 4 aromatic rings. The lowest BCUT2D eigenvalue weighted by Crippen LogP contribution is -2.64. The van der Waals surface area contributed by atoms with E-state index in [2.05, 4.69) is 49.8 Å². The number of alkyl halides is 1. The Labute approximate surface area is 425 Å². The van der Waals surface area contributed by atoms with Crippen molar-refractivity contribution in [1.82, 2.24) is 30.0 Å². The third-order valence-corrected chi connectivity index (χ3v) is 16.5. The lowest BCUT2D eigenvalue weighted by atomic mass is 9.71. The molecule has 17 heteroatoms. The van der Waals surface area contributed by atoms with Gasteiger partial charge in [0.1, 0.15) is 31.1 Å². The van der Waals surface area contributed by atoms with Crippen LogP contribution in [0.25, 0.3) is 0 Å². The Kier molecular flexibility index (Phi) is 14.0. The first-order chi connectivity index (χ1) is 34.3. The molecule has 5 saturated heterocycles. The van der Waals surface area contributed by atoms with Crippen molar-refractivity contribution in [3.05, 3.63) is 105 Å². The predicted molar refractivity (Wildman–Crippen MR) is 270 cm³/mol. The molecule has 6 aliphatic rings. The number of likely N-dealkylation sites (tertiary alicyclic amines) is 2. The van der Waals surface area contributed by atoms with Gasteiger partial charge in [-0.15, -0.1) is 11.6 Å². The Morgan fingerprint density at radius 1 is 0.831 bits per heavy atom. The molecule has 1 spiro atoms. The highest BCUT2D eigenvalue weighted by Crippen LogP contribution is 2.44. The molecule has 10 rings (SSSR count). The van der Waals surface area contributed by atoms with E-state index in [-0.39, 0.29) is 25.4 Å². The van der Waals surface area contributed by atoms with Crippen molar-refractivity contribution in [1.29, 1.82) is 5.26 Å². The molecule has 0 aliphatic carbocycles. The average Bonchev–Trinajstić information content (AvgIpc) is 3.62. The van der Waals surface area contributed by atoms with Crippen LogP contribution in [0.4, 0.5) is 11.6 Å². The molecule has 71 heavy (non-hydrogen) atoms. The number of hydrogen-bond acceptors (Lipinski definition) is 13. The van der Waals surface area contributed by atoms with Crippen LogP contribution in [0.5, 0.6) is 11.5 Å². The molecule has 3 aromatic carbocycles. The number of ether oxygens (including phenoxy) is 2. The molecular formula is C54H61Cl2N9O6. The number of benzene rings is 3. The van der Waals surface area contributed by atoms with Gasteiger partial charge in [0.05, 0.1) is 33.3 Å². The average molecular weight is 1000 g/mol. The first-order valence-electron chi connectivity index (χ1n) is 25.1. The minimum Gasteiger partial charge on any atom is -0.489 e. The number of aromatic nitrogens is 2. The molecule has 7 heterocycles. The number of piperidine rings is 4. The summed E-state index contributed by atoms with van der Waals surface area (Å²) in [5.41, 5.74) is 4.68. The lowest BCUT2D eigenvalue weighted by Gasteiger charge is -2.57. The van der Waals surface area contributed by atoms with E-state index in [9.17, 15) is 24.4 Å². The molecule has 15 nitrogen and oxygen atoms in total. The number of halogens is 2. The summed E-state index contributed by atoms with van der Waals surface area (Å²) in [5, 5.41) is 12.5. The number of anilines is 2. The van der Waals surface area contributed by atoms with E-state index in [1.807, 2.05) is 54.7 Å². The zero-order valence-electron chi connectivity index (χ0n) is 40.5. The van der Waals surface area contributed by atoms with E-state index in [1.165, 1.54) is 25.9 Å². The first kappa shape index (κ1) is 48.8. The number of fused-ring (bicyclic) bond motifs is 1. The topological polar surface area (TPSA) is 165 Å². The van der Waals surface area contributed by atoms with Crippen LogP contribution in [0, 0.1) is 22.7 Å². The number of nitrogens with one attached hydrogen (secondary N) is 1. The van der Waals surface area contributed by atoms with Gasteiger partial charge >= 0.3 is 0 Å². The fraction of sp³-hybridized carbons (Fsp3) is 0.500. The fourth-order valence-electron chi connectivity index (χ4n) is 11.7. The standard InChI is InChI=1S/C54H61Cl2N9O6/c1-53(2,38-27-36(30-57)48(45(56)28-38)70-26-18-55)37-3-6-42(7-4-37)71-32-39-11-19-58-52(59-39)63-24-16-54(17-25-63)33-64(34-54)40-14-20-61(21-15-40)31-35-12-22-62(23-13-35)41-5-8-43-44(29-41)51(69)65(50(43)68)46-9-10-47(66)60-49(46)67/h3-8,11,19,27-29,35,40,46H,9-10,12-18,20-26,31-34H2,1-2H3,(H,60,66,67). The van der Waals surface area contributed by atoms with E-state index in [1.54, 1.807) is 12.1 Å². The van der Waals surface area contributed by atoms with Crippen LogP contribution in [-0.2, 0) is 21.6 Å². The maximum Gasteiger partial charge on any atom is 0.262 e. The minimum atomic E-state index is -0.960. The van der Waals surface area contributed by atoms with Gasteiger partial charge in [0.15, 0.2) is 5.75 Å². The number of hydrogen-bond donors (Lipinski definition) is 1. The van der Waals surface area contributed by atoms with Crippen LogP contribution in [0.2, 0.25) is 5.02 Å². The van der Waals surface area contributed by atoms with Gasteiger partial charge in [0.2, 0.25) is 17.8 Å². The molecule has 1 atom stereocenters. The Bertz CT molecular complexity index is 2720. The lowest BCUT2D eigenvalue weighted by molar-refractivity contribution is -0.136. The van der Waals surface area contributed by atoms with Crippen molar-refractivity contribution in [2.75, 3.05) is 81.2 Å². The van der Waals surface area contributed by atoms with E-state index < -0.39 is 29.2 Å². The smallest absolute Gasteiger partial charge is 0.262 e. The second-order valence-electron chi connectivity index (χ2n) is 20.8. The third-order valence-electron chi connectivity index (χ3n) is 16.0. The highest BCUT2D eigenvalue weighted by atomic mass is 35.5. The number of rotatable bonds is 14. The number of nitriles is 1. The van der Waals surface area contributed by atoms with Crippen molar-refractivity contribution in [3.63, 3.8) is 0 Å². The zero-order chi connectivity index (χ0) is 49.4. The molecule has 1 N–H and O–H groups in total. The molecule has 1 aromatic heterocycles. The first-order valence-corrected chi connectivity index (χ1v) is 26.0. The minimum absolute atomic E-state index is 0.103. The van der Waals surface area contributed by atoms with Crippen molar-refractivity contribution in [3.8, 4) is 17.6 Å². The van der Waals surface area contributed by atoms with Gasteiger partial charge in [-0.1, -0.05) is 37.6 Å². The van der Waals surface area contributed by atoms with Crippen LogP contribution in [-0.4, -0.2) is 132 Å². The Balaban J connectivity index is 0.638. The van der Waals surface area contributed by atoms with Crippen LogP contribution in [0.15, 0.2) is 66.9 Å². The largest absolute Gasteiger partial charge is 0.489 e. The van der Waals surface area contributed by atoms with Crippen molar-refractivity contribution >= 4 is 58.5 Å². The summed E-state index contributed by atoms with van der Waals surface area (Å²) in [6.07, 6.45) is 8.94. The molecule has 6 aliphatic heterocycles. The van der Waals surface area contributed by atoms with E-state index in [0.717, 1.165) is 111 Å². The Morgan fingerprint density at radius 3 is 2.27 bits per heavy atom. The number of carbonyl (C=O) groups excluding carboxylic acids is 4. The van der Waals surface area contributed by atoms with E-state index >= 15 is 0 Å². The van der Waals surface area contributed by atoms with Gasteiger partial charge in [-0.25, -0.2) is 9.97 Å². The Hall–Kier alpha value is -5.79. The van der Waals surface area contributed by atoms with Crippen LogP contribution < -0.4 is 24.6 Å².